The van der Waals surface area contributed by atoms with Crippen LogP contribution in [0, 0.1) is 0 Å². The summed E-state index contributed by atoms with van der Waals surface area (Å²) in [5, 5.41) is 0. The van der Waals surface area contributed by atoms with Crippen LogP contribution in [0.3, 0.4) is 0 Å². The third kappa shape index (κ3) is 2.60. The molecule has 0 aromatic heterocycles. The number of aryl methyl sites for hydroxylation is 1. The highest BCUT2D eigenvalue weighted by atomic mass is 14.0. The second-order valence-electron chi connectivity index (χ2n) is 3.80. The van der Waals surface area contributed by atoms with Crippen LogP contribution in [-0.4, -0.2) is 0 Å². The monoisotopic (exact) mass is 208 g/mol. The molecule has 2 aromatic carbocycles. The molecule has 0 N–H and O–H groups in total. The quantitative estimate of drug-likeness (QED) is 0.655. The number of hydrogen-bond acceptors (Lipinski definition) is 0. The molecule has 2 rings (SSSR count). The first-order valence-electron chi connectivity index (χ1n) is 5.71. The Morgan fingerprint density at radius 1 is 0.812 bits per heavy atom. The van der Waals surface area contributed by atoms with Gasteiger partial charge < -0.3 is 0 Å². The maximum Gasteiger partial charge on any atom is -0.0224 e. The van der Waals surface area contributed by atoms with Gasteiger partial charge in [0.25, 0.3) is 0 Å². The van der Waals surface area contributed by atoms with E-state index in [1.54, 1.807) is 0 Å². The van der Waals surface area contributed by atoms with Crippen LogP contribution in [-0.2, 0) is 6.42 Å². The highest BCUT2D eigenvalue weighted by molar-refractivity contribution is 5.71. The Morgan fingerprint density at radius 3 is 2.25 bits per heavy atom. The highest BCUT2D eigenvalue weighted by Crippen LogP contribution is 2.13. The molecule has 0 heteroatoms. The van der Waals surface area contributed by atoms with Gasteiger partial charge in [-0.15, -0.1) is 0 Å². The van der Waals surface area contributed by atoms with Crippen LogP contribution in [0.15, 0.2) is 54.6 Å². The summed E-state index contributed by atoms with van der Waals surface area (Å²) in [6, 6.07) is 18.9. The molecule has 0 saturated heterocycles. The molecule has 0 spiro atoms. The molecule has 0 saturated carbocycles. The Morgan fingerprint density at radius 2 is 1.50 bits per heavy atom. The minimum atomic E-state index is 1.08. The van der Waals surface area contributed by atoms with Crippen molar-refractivity contribution in [3.05, 3.63) is 71.3 Å². The van der Waals surface area contributed by atoms with Crippen LogP contribution < -0.4 is 0 Å². The van der Waals surface area contributed by atoms with Crippen molar-refractivity contribution in [3.8, 4) is 0 Å². The molecule has 0 bridgehead atoms. The van der Waals surface area contributed by atoms with Crippen LogP contribution in [0.5, 0.6) is 0 Å². The van der Waals surface area contributed by atoms with E-state index < -0.39 is 0 Å². The van der Waals surface area contributed by atoms with Gasteiger partial charge in [-0.05, 0) is 23.1 Å². The second-order valence-corrected chi connectivity index (χ2v) is 3.80. The smallest absolute Gasteiger partial charge is 0.0224 e. The molecular formula is C16H16. The van der Waals surface area contributed by atoms with Crippen LogP contribution in [0.1, 0.15) is 23.6 Å². The normalized spacial score (nSPS) is 10.8. The first kappa shape index (κ1) is 10.7. The Labute approximate surface area is 97.3 Å². The summed E-state index contributed by atoms with van der Waals surface area (Å²) in [6.45, 7) is 2.19. The lowest BCUT2D eigenvalue weighted by Gasteiger charge is -2.01. The van der Waals surface area contributed by atoms with Gasteiger partial charge in [-0.25, -0.2) is 0 Å². The summed E-state index contributed by atoms with van der Waals surface area (Å²) in [7, 11) is 0. The zero-order valence-corrected chi connectivity index (χ0v) is 9.56. The molecule has 0 unspecified atom stereocenters. The zero-order chi connectivity index (χ0) is 11.2. The van der Waals surface area contributed by atoms with Gasteiger partial charge in [-0.2, -0.15) is 0 Å². The molecule has 0 aliphatic rings. The number of hydrogen-bond donors (Lipinski definition) is 0. The maximum atomic E-state index is 2.19. The minimum Gasteiger partial charge on any atom is -0.0622 e. The predicted octanol–water partition coefficient (Wildman–Crippen LogP) is 4.42. The van der Waals surface area contributed by atoms with Crippen molar-refractivity contribution in [2.45, 2.75) is 13.3 Å². The average molecular weight is 208 g/mol. The van der Waals surface area contributed by atoms with Gasteiger partial charge in [-0.1, -0.05) is 73.7 Å². The van der Waals surface area contributed by atoms with Crippen molar-refractivity contribution in [1.29, 1.82) is 0 Å². The molecule has 0 heterocycles. The molecule has 16 heavy (non-hydrogen) atoms. The molecule has 2 aromatic rings. The summed E-state index contributed by atoms with van der Waals surface area (Å²) >= 11 is 0. The summed E-state index contributed by atoms with van der Waals surface area (Å²) in [4.78, 5) is 0. The summed E-state index contributed by atoms with van der Waals surface area (Å²) < 4.78 is 0. The van der Waals surface area contributed by atoms with Crippen LogP contribution in [0.4, 0.5) is 0 Å². The Bertz CT molecular complexity index is 466. The van der Waals surface area contributed by atoms with Crippen molar-refractivity contribution < 1.29 is 0 Å². The summed E-state index contributed by atoms with van der Waals surface area (Å²) in [5.41, 5.74) is 3.96. The zero-order valence-electron chi connectivity index (χ0n) is 9.56. The van der Waals surface area contributed by atoms with Crippen LogP contribution in [0.2, 0.25) is 0 Å². The molecule has 80 valence electrons. The average Bonchev–Trinajstić information content (AvgIpc) is 2.38. The van der Waals surface area contributed by atoms with Gasteiger partial charge in [0.15, 0.2) is 0 Å². The lowest BCUT2D eigenvalue weighted by molar-refractivity contribution is 1.13. The molecule has 0 radical (unpaired) electrons. The van der Waals surface area contributed by atoms with E-state index in [1.807, 2.05) is 6.07 Å². The lowest BCUT2D eigenvalue weighted by Crippen LogP contribution is -1.84. The van der Waals surface area contributed by atoms with Crippen molar-refractivity contribution in [3.63, 3.8) is 0 Å². The van der Waals surface area contributed by atoms with Crippen LogP contribution in [0.25, 0.3) is 12.2 Å². The maximum absolute atomic E-state index is 2.19. The fraction of sp³-hybridized carbons (Fsp3) is 0.125. The van der Waals surface area contributed by atoms with Crippen molar-refractivity contribution >= 4 is 12.2 Å². The SMILES string of the molecule is CCc1ccccc1C=Cc1ccccc1. The van der Waals surface area contributed by atoms with E-state index in [4.69, 9.17) is 0 Å². The third-order valence-corrected chi connectivity index (χ3v) is 2.69. The third-order valence-electron chi connectivity index (χ3n) is 2.69. The second kappa shape index (κ2) is 5.32. The summed E-state index contributed by atoms with van der Waals surface area (Å²) in [6.07, 6.45) is 5.43. The van der Waals surface area contributed by atoms with Crippen LogP contribution >= 0.6 is 0 Å². The Kier molecular flexibility index (Phi) is 3.55. The summed E-state index contributed by atoms with van der Waals surface area (Å²) in [5.74, 6) is 0. The predicted molar refractivity (Wildman–Crippen MR) is 71.2 cm³/mol. The number of rotatable bonds is 3. The van der Waals surface area contributed by atoms with Crippen molar-refractivity contribution in [2.75, 3.05) is 0 Å². The van der Waals surface area contributed by atoms with Gasteiger partial charge in [0, 0.05) is 0 Å². The van der Waals surface area contributed by atoms with E-state index in [2.05, 4.69) is 67.6 Å². The Balaban J connectivity index is 2.24. The van der Waals surface area contributed by atoms with E-state index in [-0.39, 0.29) is 0 Å². The van der Waals surface area contributed by atoms with Gasteiger partial charge in [0.1, 0.15) is 0 Å². The highest BCUT2D eigenvalue weighted by Gasteiger charge is 1.94. The first-order chi connectivity index (χ1) is 7.90. The largest absolute Gasteiger partial charge is 0.0622 e. The van der Waals surface area contributed by atoms with Gasteiger partial charge in [0.2, 0.25) is 0 Å². The van der Waals surface area contributed by atoms with E-state index in [0.717, 1.165) is 6.42 Å². The molecule has 0 nitrogen and oxygen atoms in total. The van der Waals surface area contributed by atoms with Gasteiger partial charge >= 0.3 is 0 Å². The lowest BCUT2D eigenvalue weighted by atomic mass is 10.0. The molecule has 0 atom stereocenters. The van der Waals surface area contributed by atoms with E-state index in [1.165, 1.54) is 16.7 Å². The van der Waals surface area contributed by atoms with E-state index >= 15 is 0 Å². The molecule has 0 aliphatic heterocycles. The molecule has 0 aliphatic carbocycles. The van der Waals surface area contributed by atoms with Crippen molar-refractivity contribution in [2.24, 2.45) is 0 Å². The fourth-order valence-electron chi connectivity index (χ4n) is 1.77. The Hall–Kier alpha value is -1.82. The molecule has 0 fully saturated rings. The standard InChI is InChI=1S/C16H16/c1-2-15-10-6-7-11-16(15)13-12-14-8-4-3-5-9-14/h3-13H,2H2,1H3. The first-order valence-corrected chi connectivity index (χ1v) is 5.71. The van der Waals surface area contributed by atoms with Crippen molar-refractivity contribution in [1.82, 2.24) is 0 Å². The molecule has 0 amide bonds. The van der Waals surface area contributed by atoms with E-state index in [9.17, 15) is 0 Å². The number of benzene rings is 2. The van der Waals surface area contributed by atoms with E-state index in [0.29, 0.717) is 0 Å². The van der Waals surface area contributed by atoms with Gasteiger partial charge in [0.05, 0.1) is 0 Å². The topological polar surface area (TPSA) is 0 Å². The van der Waals surface area contributed by atoms with Gasteiger partial charge in [-0.3, -0.25) is 0 Å². The molecular weight excluding hydrogens is 192 g/mol. The fourth-order valence-corrected chi connectivity index (χ4v) is 1.77. The minimum absolute atomic E-state index is 1.08.